The lowest BCUT2D eigenvalue weighted by Crippen LogP contribution is -2.50. The molecule has 14 heavy (non-hydrogen) atoms. The van der Waals surface area contributed by atoms with Gasteiger partial charge in [-0.2, -0.15) is 0 Å². The zero-order chi connectivity index (χ0) is 10.2. The smallest absolute Gasteiger partial charge is 0.153 e. The molecule has 78 valence electrons. The molecule has 0 unspecified atom stereocenters. The lowest BCUT2D eigenvalue weighted by Gasteiger charge is -2.26. The van der Waals surface area contributed by atoms with Gasteiger partial charge in [-0.15, -0.1) is 11.3 Å². The van der Waals surface area contributed by atoms with Crippen molar-refractivity contribution in [3.63, 3.8) is 0 Å². The Hall–Kier alpha value is -0.590. The van der Waals surface area contributed by atoms with Crippen LogP contribution in [0.3, 0.4) is 0 Å². The largest absolute Gasteiger partial charge is 0.398 e. The average Bonchev–Trinajstić information content (AvgIpc) is 2.44. The fourth-order valence-electron chi connectivity index (χ4n) is 1.41. The number of anilines is 1. The molecular formula is C8H12N2O2S2. The molecule has 6 heteroatoms. The lowest BCUT2D eigenvalue weighted by atomic mass is 10.3. The summed E-state index contributed by atoms with van der Waals surface area (Å²) < 4.78 is 21.7. The van der Waals surface area contributed by atoms with E-state index in [1.54, 1.807) is 11.3 Å². The molecule has 1 aliphatic rings. The van der Waals surface area contributed by atoms with E-state index in [-0.39, 0.29) is 17.5 Å². The van der Waals surface area contributed by atoms with Crippen molar-refractivity contribution in [1.82, 2.24) is 5.32 Å². The van der Waals surface area contributed by atoms with Crippen LogP contribution in [0.4, 0.5) is 5.69 Å². The van der Waals surface area contributed by atoms with E-state index in [1.807, 2.05) is 11.4 Å². The van der Waals surface area contributed by atoms with Crippen LogP contribution in [0.5, 0.6) is 0 Å². The molecule has 3 N–H and O–H groups in total. The summed E-state index contributed by atoms with van der Waals surface area (Å²) in [5, 5.41) is 5.10. The van der Waals surface area contributed by atoms with Crippen molar-refractivity contribution < 1.29 is 8.42 Å². The summed E-state index contributed by atoms with van der Waals surface area (Å²) in [5.41, 5.74) is 6.47. The Labute approximate surface area is 87.0 Å². The number of nitrogens with one attached hydrogen (secondary N) is 1. The fourth-order valence-corrected chi connectivity index (χ4v) is 3.53. The Morgan fingerprint density at radius 3 is 2.79 bits per heavy atom. The first-order chi connectivity index (χ1) is 6.57. The molecule has 0 radical (unpaired) electrons. The maximum absolute atomic E-state index is 10.9. The molecule has 2 rings (SSSR count). The molecule has 0 saturated carbocycles. The van der Waals surface area contributed by atoms with Crippen LogP contribution in [-0.2, 0) is 16.4 Å². The third kappa shape index (κ3) is 2.08. The minimum absolute atomic E-state index is 0.112. The molecule has 1 aromatic heterocycles. The van der Waals surface area contributed by atoms with E-state index in [2.05, 4.69) is 5.32 Å². The summed E-state index contributed by atoms with van der Waals surface area (Å²) >= 11 is 1.59. The Bertz CT molecular complexity index is 412. The minimum Gasteiger partial charge on any atom is -0.398 e. The lowest BCUT2D eigenvalue weighted by molar-refractivity contribution is 0.513. The van der Waals surface area contributed by atoms with E-state index in [0.717, 1.165) is 10.6 Å². The van der Waals surface area contributed by atoms with Crippen molar-refractivity contribution >= 4 is 26.9 Å². The Kier molecular flexibility index (Phi) is 2.50. The van der Waals surface area contributed by atoms with Crippen molar-refractivity contribution in [2.45, 2.75) is 12.6 Å². The summed E-state index contributed by atoms with van der Waals surface area (Å²) in [6.45, 7) is 0.670. The zero-order valence-corrected chi connectivity index (χ0v) is 9.20. The molecule has 4 nitrogen and oxygen atoms in total. The summed E-state index contributed by atoms with van der Waals surface area (Å²) in [5.74, 6) is 0.524. The number of hydrogen-bond acceptors (Lipinski definition) is 5. The molecule has 1 aromatic rings. The van der Waals surface area contributed by atoms with Crippen LogP contribution in [0.25, 0.3) is 0 Å². The van der Waals surface area contributed by atoms with Gasteiger partial charge in [0.25, 0.3) is 0 Å². The van der Waals surface area contributed by atoms with Gasteiger partial charge < -0.3 is 11.1 Å². The third-order valence-corrected chi connectivity index (χ3v) is 5.00. The topological polar surface area (TPSA) is 72.2 Å². The molecule has 1 aliphatic heterocycles. The summed E-state index contributed by atoms with van der Waals surface area (Å²) in [4.78, 5) is 1.08. The highest BCUT2D eigenvalue weighted by molar-refractivity contribution is 7.92. The minimum atomic E-state index is -2.72. The monoisotopic (exact) mass is 232 g/mol. The number of nitrogen functional groups attached to an aromatic ring is 1. The Morgan fingerprint density at radius 2 is 2.29 bits per heavy atom. The highest BCUT2D eigenvalue weighted by Crippen LogP contribution is 2.19. The Balaban J connectivity index is 1.82. The first kappa shape index (κ1) is 9.95. The van der Waals surface area contributed by atoms with Crippen LogP contribution < -0.4 is 11.1 Å². The van der Waals surface area contributed by atoms with Crippen LogP contribution in [0, 0.1) is 0 Å². The third-order valence-electron chi connectivity index (χ3n) is 2.24. The molecular weight excluding hydrogens is 220 g/mol. The second-order valence-corrected chi connectivity index (χ2v) is 6.61. The van der Waals surface area contributed by atoms with Gasteiger partial charge in [0.1, 0.15) is 0 Å². The van der Waals surface area contributed by atoms with Crippen LogP contribution in [0.1, 0.15) is 4.88 Å². The normalized spacial score (nSPS) is 20.6. The maximum Gasteiger partial charge on any atom is 0.153 e. The van der Waals surface area contributed by atoms with E-state index in [4.69, 9.17) is 5.73 Å². The van der Waals surface area contributed by atoms with E-state index in [1.165, 1.54) is 0 Å². The van der Waals surface area contributed by atoms with Gasteiger partial charge in [0.2, 0.25) is 0 Å². The predicted molar refractivity (Wildman–Crippen MR) is 58.0 cm³/mol. The molecule has 1 fully saturated rings. The van der Waals surface area contributed by atoms with Crippen molar-refractivity contribution in [1.29, 1.82) is 0 Å². The van der Waals surface area contributed by atoms with Gasteiger partial charge in [0, 0.05) is 23.2 Å². The fraction of sp³-hybridized carbons (Fsp3) is 0.500. The van der Waals surface area contributed by atoms with Crippen LogP contribution in [0.2, 0.25) is 0 Å². The second-order valence-electron chi connectivity index (χ2n) is 3.45. The van der Waals surface area contributed by atoms with Gasteiger partial charge in [-0.25, -0.2) is 8.42 Å². The number of thiophene rings is 1. The molecule has 0 atom stereocenters. The molecule has 0 amide bonds. The molecule has 0 aromatic carbocycles. The van der Waals surface area contributed by atoms with Crippen molar-refractivity contribution in [2.75, 3.05) is 17.2 Å². The zero-order valence-electron chi connectivity index (χ0n) is 7.56. The van der Waals surface area contributed by atoms with Crippen molar-refractivity contribution in [2.24, 2.45) is 0 Å². The van der Waals surface area contributed by atoms with Crippen molar-refractivity contribution in [3.05, 3.63) is 16.3 Å². The van der Waals surface area contributed by atoms with Gasteiger partial charge in [0.05, 0.1) is 11.5 Å². The van der Waals surface area contributed by atoms with Gasteiger partial charge in [0.15, 0.2) is 9.84 Å². The Morgan fingerprint density at radius 1 is 1.57 bits per heavy atom. The summed E-state index contributed by atoms with van der Waals surface area (Å²) in [6, 6.07) is 1.97. The van der Waals surface area contributed by atoms with E-state index in [0.29, 0.717) is 6.54 Å². The van der Waals surface area contributed by atoms with Crippen LogP contribution >= 0.6 is 11.3 Å². The van der Waals surface area contributed by atoms with E-state index in [9.17, 15) is 8.42 Å². The molecule has 0 spiro atoms. The van der Waals surface area contributed by atoms with E-state index >= 15 is 0 Å². The molecule has 0 bridgehead atoms. The standard InChI is InChI=1S/C8H12N2O2S2/c9-7-1-2-13-8(7)3-10-6-4-14(11,12)5-6/h1-2,6,10H,3-5,9H2. The highest BCUT2D eigenvalue weighted by Gasteiger charge is 2.32. The first-order valence-corrected chi connectivity index (χ1v) is 7.02. The predicted octanol–water partition coefficient (Wildman–Crippen LogP) is 0.217. The average molecular weight is 232 g/mol. The molecule has 1 saturated heterocycles. The summed E-state index contributed by atoms with van der Waals surface area (Å²) in [6.07, 6.45) is 0. The maximum atomic E-state index is 10.9. The number of sulfone groups is 1. The van der Waals surface area contributed by atoms with Crippen molar-refractivity contribution in [3.8, 4) is 0 Å². The van der Waals surface area contributed by atoms with Gasteiger partial charge in [-0.05, 0) is 11.4 Å². The SMILES string of the molecule is Nc1ccsc1CNC1CS(=O)(=O)C1. The van der Waals surface area contributed by atoms with Gasteiger partial charge >= 0.3 is 0 Å². The second kappa shape index (κ2) is 3.52. The van der Waals surface area contributed by atoms with Gasteiger partial charge in [-0.3, -0.25) is 0 Å². The molecule has 0 aliphatic carbocycles. The van der Waals surface area contributed by atoms with Crippen LogP contribution in [-0.4, -0.2) is 26.0 Å². The number of nitrogens with two attached hydrogens (primary N) is 1. The number of rotatable bonds is 3. The van der Waals surface area contributed by atoms with Crippen LogP contribution in [0.15, 0.2) is 11.4 Å². The van der Waals surface area contributed by atoms with Gasteiger partial charge in [-0.1, -0.05) is 0 Å². The number of hydrogen-bond donors (Lipinski definition) is 2. The first-order valence-electron chi connectivity index (χ1n) is 4.32. The molecule has 2 heterocycles. The quantitative estimate of drug-likeness (QED) is 0.782. The van der Waals surface area contributed by atoms with E-state index < -0.39 is 9.84 Å². The summed E-state index contributed by atoms with van der Waals surface area (Å²) in [7, 11) is -2.72. The highest BCUT2D eigenvalue weighted by atomic mass is 32.2.